The Kier molecular flexibility index (Phi) is 4.39. The third kappa shape index (κ3) is 2.90. The lowest BCUT2D eigenvalue weighted by Gasteiger charge is -2.20. The molecule has 0 fully saturated rings. The van der Waals surface area contributed by atoms with Gasteiger partial charge in [-0.1, -0.05) is 23.7 Å². The summed E-state index contributed by atoms with van der Waals surface area (Å²) < 4.78 is 39.6. The van der Waals surface area contributed by atoms with E-state index in [0.29, 0.717) is 0 Å². The molecular weight excluding hydrogens is 333 g/mol. The van der Waals surface area contributed by atoms with Gasteiger partial charge in [0.15, 0.2) is 0 Å². The molecule has 0 atom stereocenters. The highest BCUT2D eigenvalue weighted by Gasteiger charge is 2.26. The molecule has 2 aromatic carbocycles. The number of carbonyl (C=O) groups is 1. The molecule has 0 saturated carbocycles. The fraction of sp³-hybridized carbons (Fsp3) is 0.0714. The predicted molar refractivity (Wildman–Crippen MR) is 80.4 cm³/mol. The molecule has 22 heavy (non-hydrogen) atoms. The topological polar surface area (TPSA) is 74.7 Å². The van der Waals surface area contributed by atoms with Crippen molar-refractivity contribution in [1.29, 1.82) is 0 Å². The minimum absolute atomic E-state index is 0.145. The van der Waals surface area contributed by atoms with Crippen LogP contribution in [-0.2, 0) is 10.0 Å². The van der Waals surface area contributed by atoms with Gasteiger partial charge in [0, 0.05) is 7.05 Å². The second-order valence-electron chi connectivity index (χ2n) is 4.37. The molecule has 0 bridgehead atoms. The second-order valence-corrected chi connectivity index (χ2v) is 6.72. The van der Waals surface area contributed by atoms with Crippen molar-refractivity contribution in [2.24, 2.45) is 0 Å². The number of benzene rings is 2. The first kappa shape index (κ1) is 16.3. The van der Waals surface area contributed by atoms with Crippen molar-refractivity contribution in [3.8, 4) is 0 Å². The van der Waals surface area contributed by atoms with Crippen LogP contribution >= 0.6 is 11.6 Å². The van der Waals surface area contributed by atoms with Crippen LogP contribution in [0.5, 0.6) is 0 Å². The molecule has 2 rings (SSSR count). The number of hydrogen-bond donors (Lipinski definition) is 1. The van der Waals surface area contributed by atoms with Crippen LogP contribution in [0.4, 0.5) is 10.1 Å². The standard InChI is InChI=1S/C14H11ClFNO4S/c1-17(12-5-3-2-4-11(12)16)22(20,21)13-8-9(14(18)19)6-7-10(13)15/h2-8H,1H3,(H,18,19). The highest BCUT2D eigenvalue weighted by molar-refractivity contribution is 7.93. The van der Waals surface area contributed by atoms with E-state index >= 15 is 0 Å². The first-order valence-electron chi connectivity index (χ1n) is 6.01. The van der Waals surface area contributed by atoms with Crippen LogP contribution < -0.4 is 4.31 Å². The van der Waals surface area contributed by atoms with E-state index in [1.54, 1.807) is 0 Å². The van der Waals surface area contributed by atoms with Gasteiger partial charge in [-0.2, -0.15) is 0 Å². The third-order valence-electron chi connectivity index (χ3n) is 3.01. The summed E-state index contributed by atoms with van der Waals surface area (Å²) in [5.74, 6) is -2.01. The van der Waals surface area contributed by atoms with Crippen molar-refractivity contribution in [2.75, 3.05) is 11.4 Å². The van der Waals surface area contributed by atoms with E-state index in [9.17, 15) is 17.6 Å². The molecule has 0 saturated heterocycles. The first-order valence-corrected chi connectivity index (χ1v) is 7.83. The molecule has 0 spiro atoms. The van der Waals surface area contributed by atoms with Gasteiger partial charge in [-0.25, -0.2) is 17.6 Å². The molecule has 1 N–H and O–H groups in total. The Balaban J connectivity index is 2.58. The summed E-state index contributed by atoms with van der Waals surface area (Å²) >= 11 is 5.86. The van der Waals surface area contributed by atoms with Gasteiger partial charge >= 0.3 is 5.97 Å². The van der Waals surface area contributed by atoms with E-state index in [1.807, 2.05) is 0 Å². The molecule has 0 unspecified atom stereocenters. The van der Waals surface area contributed by atoms with E-state index in [1.165, 1.54) is 30.3 Å². The first-order chi connectivity index (χ1) is 10.2. The number of sulfonamides is 1. The lowest BCUT2D eigenvalue weighted by Crippen LogP contribution is -2.27. The van der Waals surface area contributed by atoms with Crippen molar-refractivity contribution >= 4 is 33.3 Å². The van der Waals surface area contributed by atoms with Crippen LogP contribution in [0.1, 0.15) is 10.4 Å². The summed E-state index contributed by atoms with van der Waals surface area (Å²) in [4.78, 5) is 10.6. The zero-order valence-corrected chi connectivity index (χ0v) is 12.9. The van der Waals surface area contributed by atoms with Gasteiger partial charge in [-0.05, 0) is 30.3 Å². The molecule has 2 aromatic rings. The molecule has 0 heterocycles. The average molecular weight is 344 g/mol. The fourth-order valence-electron chi connectivity index (χ4n) is 1.82. The number of carboxylic acids is 1. The van der Waals surface area contributed by atoms with Crippen LogP contribution in [0, 0.1) is 5.82 Å². The Morgan fingerprint density at radius 1 is 1.23 bits per heavy atom. The van der Waals surface area contributed by atoms with Gasteiger partial charge in [0.2, 0.25) is 0 Å². The van der Waals surface area contributed by atoms with Crippen molar-refractivity contribution in [1.82, 2.24) is 0 Å². The molecule has 0 radical (unpaired) electrons. The van der Waals surface area contributed by atoms with Gasteiger partial charge in [0.05, 0.1) is 16.3 Å². The van der Waals surface area contributed by atoms with Crippen LogP contribution in [0.25, 0.3) is 0 Å². The highest BCUT2D eigenvalue weighted by atomic mass is 35.5. The number of para-hydroxylation sites is 1. The summed E-state index contributed by atoms with van der Waals surface area (Å²) in [7, 11) is -3.04. The fourth-order valence-corrected chi connectivity index (χ4v) is 3.52. The van der Waals surface area contributed by atoms with Crippen molar-refractivity contribution < 1.29 is 22.7 Å². The number of hydrogen-bond acceptors (Lipinski definition) is 3. The Morgan fingerprint density at radius 2 is 1.86 bits per heavy atom. The molecule has 0 aromatic heterocycles. The SMILES string of the molecule is CN(c1ccccc1F)S(=O)(=O)c1cc(C(=O)O)ccc1Cl. The Morgan fingerprint density at radius 3 is 2.45 bits per heavy atom. The Hall–Kier alpha value is -2.12. The van der Waals surface area contributed by atoms with Crippen LogP contribution in [0.15, 0.2) is 47.4 Å². The maximum Gasteiger partial charge on any atom is 0.335 e. The number of aromatic carboxylic acids is 1. The molecule has 0 aliphatic heterocycles. The van der Waals surface area contributed by atoms with Crippen LogP contribution in [-0.4, -0.2) is 26.5 Å². The van der Waals surface area contributed by atoms with Crippen molar-refractivity contribution in [2.45, 2.75) is 4.90 Å². The zero-order chi connectivity index (χ0) is 16.5. The maximum atomic E-state index is 13.8. The Labute approximate surface area is 131 Å². The molecule has 0 aliphatic rings. The number of carboxylic acid groups (broad SMARTS) is 1. The summed E-state index contributed by atoms with van der Waals surface area (Å²) in [6.45, 7) is 0. The predicted octanol–water partition coefficient (Wildman–Crippen LogP) is 3.00. The summed E-state index contributed by atoms with van der Waals surface area (Å²) in [5.41, 5.74) is -0.399. The molecule has 0 amide bonds. The number of rotatable bonds is 4. The van der Waals surface area contributed by atoms with Crippen LogP contribution in [0.3, 0.4) is 0 Å². The van der Waals surface area contributed by atoms with Crippen molar-refractivity contribution in [3.63, 3.8) is 0 Å². The van der Waals surface area contributed by atoms with Crippen molar-refractivity contribution in [3.05, 3.63) is 58.9 Å². The van der Waals surface area contributed by atoms with E-state index in [4.69, 9.17) is 16.7 Å². The summed E-state index contributed by atoms with van der Waals surface area (Å²) in [6, 6.07) is 8.63. The zero-order valence-electron chi connectivity index (χ0n) is 11.3. The monoisotopic (exact) mass is 343 g/mol. The second kappa shape index (κ2) is 5.94. The third-order valence-corrected chi connectivity index (χ3v) is 5.26. The normalized spacial score (nSPS) is 11.2. The van der Waals surface area contributed by atoms with E-state index < -0.39 is 26.7 Å². The number of anilines is 1. The summed E-state index contributed by atoms with van der Waals surface area (Å²) in [6.07, 6.45) is 0. The summed E-state index contributed by atoms with van der Waals surface area (Å²) in [5, 5.41) is 8.81. The van der Waals surface area contributed by atoms with Gasteiger partial charge < -0.3 is 5.11 Å². The van der Waals surface area contributed by atoms with Gasteiger partial charge in [-0.3, -0.25) is 4.31 Å². The van der Waals surface area contributed by atoms with Gasteiger partial charge in [-0.15, -0.1) is 0 Å². The van der Waals surface area contributed by atoms with E-state index in [2.05, 4.69) is 0 Å². The largest absolute Gasteiger partial charge is 0.478 e. The molecular formula is C14H11ClFNO4S. The van der Waals surface area contributed by atoms with Gasteiger partial charge in [0.25, 0.3) is 10.0 Å². The average Bonchev–Trinajstić information content (AvgIpc) is 2.47. The Bertz CT molecular complexity index is 838. The minimum atomic E-state index is -4.20. The lowest BCUT2D eigenvalue weighted by atomic mass is 10.2. The number of nitrogens with zero attached hydrogens (tertiary/aromatic N) is 1. The lowest BCUT2D eigenvalue weighted by molar-refractivity contribution is 0.0696. The molecule has 5 nitrogen and oxygen atoms in total. The quantitative estimate of drug-likeness (QED) is 0.926. The maximum absolute atomic E-state index is 13.8. The van der Waals surface area contributed by atoms with E-state index in [0.717, 1.165) is 23.5 Å². The van der Waals surface area contributed by atoms with E-state index in [-0.39, 0.29) is 16.3 Å². The minimum Gasteiger partial charge on any atom is -0.478 e. The molecule has 0 aliphatic carbocycles. The van der Waals surface area contributed by atoms with Crippen LogP contribution in [0.2, 0.25) is 5.02 Å². The number of halogens is 2. The smallest absolute Gasteiger partial charge is 0.335 e. The van der Waals surface area contributed by atoms with Gasteiger partial charge in [0.1, 0.15) is 10.7 Å². The molecule has 116 valence electrons. The molecule has 8 heteroatoms. The highest BCUT2D eigenvalue weighted by Crippen LogP contribution is 2.29.